The molecule has 0 spiro atoms. The molecule has 2 fully saturated rings. The molecule has 184 valence electrons. The normalized spacial score (nSPS) is 19.1. The van der Waals surface area contributed by atoms with Crippen LogP contribution >= 0.6 is 0 Å². The number of likely N-dealkylation sites (N-methyl/N-ethyl adjacent to an activating group) is 1. The lowest BCUT2D eigenvalue weighted by Crippen LogP contribution is -2.39. The minimum absolute atomic E-state index is 0.0984. The van der Waals surface area contributed by atoms with Crippen LogP contribution in [-0.2, 0) is 19.1 Å². The summed E-state index contributed by atoms with van der Waals surface area (Å²) in [5.74, 6) is 0.0293. The van der Waals surface area contributed by atoms with E-state index in [2.05, 4.69) is 10.2 Å². The zero-order valence-corrected chi connectivity index (χ0v) is 19.6. The van der Waals surface area contributed by atoms with Gasteiger partial charge in [0.2, 0.25) is 24.5 Å². The van der Waals surface area contributed by atoms with Gasteiger partial charge in [-0.25, -0.2) is 0 Å². The van der Waals surface area contributed by atoms with Crippen molar-refractivity contribution in [1.29, 1.82) is 0 Å². The zero-order chi connectivity index (χ0) is 24.4. The molecule has 1 atom stereocenters. The number of fused-ring (bicyclic) bond motifs is 1. The molecule has 0 radical (unpaired) electrons. The smallest absolute Gasteiger partial charge is 0.243 e. The molecule has 3 amide bonds. The van der Waals surface area contributed by atoms with Crippen molar-refractivity contribution in [1.82, 2.24) is 4.90 Å². The van der Waals surface area contributed by atoms with E-state index in [0.717, 1.165) is 18.8 Å². The Hall–Kier alpha value is -3.79. The molecule has 10 heteroatoms. The van der Waals surface area contributed by atoms with Gasteiger partial charge in [0.15, 0.2) is 11.5 Å². The lowest BCUT2D eigenvalue weighted by molar-refractivity contribution is -0.137. The Morgan fingerprint density at radius 2 is 1.74 bits per heavy atom. The summed E-state index contributed by atoms with van der Waals surface area (Å²) in [4.78, 5) is 43.3. The number of carbonyl (C=O) groups excluding carboxylic acids is 3. The first-order chi connectivity index (χ1) is 17.0. The van der Waals surface area contributed by atoms with Crippen molar-refractivity contribution in [3.8, 4) is 11.5 Å². The van der Waals surface area contributed by atoms with Crippen LogP contribution in [0.1, 0.15) is 6.42 Å². The second-order valence-electron chi connectivity index (χ2n) is 8.83. The van der Waals surface area contributed by atoms with E-state index in [0.29, 0.717) is 36.1 Å². The fraction of sp³-hybridized carbons (Fsp3) is 0.400. The van der Waals surface area contributed by atoms with Crippen molar-refractivity contribution in [3.63, 3.8) is 0 Å². The van der Waals surface area contributed by atoms with Gasteiger partial charge >= 0.3 is 0 Å². The average Bonchev–Trinajstić information content (AvgIpc) is 3.50. The molecule has 2 saturated heterocycles. The monoisotopic (exact) mass is 480 g/mol. The molecule has 3 heterocycles. The van der Waals surface area contributed by atoms with E-state index in [1.165, 1.54) is 4.90 Å². The highest BCUT2D eigenvalue weighted by Crippen LogP contribution is 2.37. The minimum Gasteiger partial charge on any atom is -0.454 e. The summed E-state index contributed by atoms with van der Waals surface area (Å²) in [7, 11) is 1.58. The van der Waals surface area contributed by atoms with Crippen molar-refractivity contribution in [2.24, 2.45) is 5.92 Å². The largest absolute Gasteiger partial charge is 0.454 e. The molecule has 2 aromatic carbocycles. The number of ether oxygens (including phenoxy) is 3. The third-order valence-electron chi connectivity index (χ3n) is 6.43. The Morgan fingerprint density at radius 1 is 1.03 bits per heavy atom. The third kappa shape index (κ3) is 5.02. The summed E-state index contributed by atoms with van der Waals surface area (Å²) in [6.45, 7) is 3.41. The average molecular weight is 481 g/mol. The summed E-state index contributed by atoms with van der Waals surface area (Å²) in [5, 5.41) is 2.84. The Morgan fingerprint density at radius 3 is 2.51 bits per heavy atom. The number of morpholine rings is 1. The van der Waals surface area contributed by atoms with Crippen LogP contribution in [0.2, 0.25) is 0 Å². The summed E-state index contributed by atoms with van der Waals surface area (Å²) >= 11 is 0. The molecule has 0 saturated carbocycles. The van der Waals surface area contributed by atoms with Gasteiger partial charge in [0.1, 0.15) is 0 Å². The maximum atomic E-state index is 13.0. The van der Waals surface area contributed by atoms with E-state index in [1.807, 2.05) is 24.3 Å². The van der Waals surface area contributed by atoms with Crippen LogP contribution in [0.4, 0.5) is 17.1 Å². The minimum atomic E-state index is -0.515. The van der Waals surface area contributed by atoms with E-state index < -0.39 is 5.92 Å². The van der Waals surface area contributed by atoms with Gasteiger partial charge in [0, 0.05) is 56.2 Å². The predicted molar refractivity (Wildman–Crippen MR) is 129 cm³/mol. The summed E-state index contributed by atoms with van der Waals surface area (Å²) < 4.78 is 16.1. The van der Waals surface area contributed by atoms with E-state index in [-0.39, 0.29) is 44.0 Å². The Labute approximate surface area is 203 Å². The SMILES string of the molecule is CN(CC(=O)Nc1ccc(N2CCOCC2)cc1)C(=O)C1CC(=O)N(c2ccc3c(c2)OCO3)C1. The number of carbonyl (C=O) groups is 3. The van der Waals surface area contributed by atoms with Crippen LogP contribution in [0, 0.1) is 5.92 Å². The number of benzene rings is 2. The van der Waals surface area contributed by atoms with Crippen LogP contribution in [0.5, 0.6) is 11.5 Å². The Kier molecular flexibility index (Phi) is 6.45. The van der Waals surface area contributed by atoms with Crippen LogP contribution in [-0.4, -0.2) is 75.9 Å². The number of hydrogen-bond acceptors (Lipinski definition) is 7. The quantitative estimate of drug-likeness (QED) is 0.672. The highest BCUT2D eigenvalue weighted by molar-refractivity contribution is 6.01. The number of amides is 3. The topological polar surface area (TPSA) is 101 Å². The number of hydrogen-bond donors (Lipinski definition) is 1. The molecule has 3 aliphatic heterocycles. The molecule has 0 bridgehead atoms. The van der Waals surface area contributed by atoms with Gasteiger partial charge in [0.05, 0.1) is 25.7 Å². The number of nitrogens with zero attached hydrogens (tertiary/aromatic N) is 3. The van der Waals surface area contributed by atoms with Crippen molar-refractivity contribution < 1.29 is 28.6 Å². The maximum Gasteiger partial charge on any atom is 0.243 e. The highest BCUT2D eigenvalue weighted by atomic mass is 16.7. The van der Waals surface area contributed by atoms with Crippen LogP contribution < -0.4 is 24.6 Å². The van der Waals surface area contributed by atoms with Crippen LogP contribution in [0.15, 0.2) is 42.5 Å². The van der Waals surface area contributed by atoms with Gasteiger partial charge in [-0.05, 0) is 36.4 Å². The molecule has 0 aliphatic carbocycles. The van der Waals surface area contributed by atoms with E-state index in [1.54, 1.807) is 30.1 Å². The molecular weight excluding hydrogens is 452 g/mol. The van der Waals surface area contributed by atoms with Gasteiger partial charge in [-0.1, -0.05) is 0 Å². The van der Waals surface area contributed by atoms with Gasteiger partial charge in [-0.15, -0.1) is 0 Å². The molecular formula is C25H28N4O6. The molecule has 5 rings (SSSR count). The first-order valence-corrected chi connectivity index (χ1v) is 11.7. The third-order valence-corrected chi connectivity index (χ3v) is 6.43. The van der Waals surface area contributed by atoms with Gasteiger partial charge in [0.25, 0.3) is 0 Å². The molecule has 3 aliphatic rings. The molecule has 1 unspecified atom stereocenters. The lowest BCUT2D eigenvalue weighted by atomic mass is 10.1. The number of nitrogens with one attached hydrogen (secondary N) is 1. The number of rotatable bonds is 6. The van der Waals surface area contributed by atoms with E-state index in [4.69, 9.17) is 14.2 Å². The molecule has 2 aromatic rings. The van der Waals surface area contributed by atoms with E-state index in [9.17, 15) is 14.4 Å². The van der Waals surface area contributed by atoms with Crippen molar-refractivity contribution in [2.75, 3.05) is 68.4 Å². The van der Waals surface area contributed by atoms with Gasteiger partial charge < -0.3 is 34.2 Å². The summed E-state index contributed by atoms with van der Waals surface area (Å²) in [6, 6.07) is 12.9. The standard InChI is InChI=1S/C25H28N4O6/c1-27(15-23(30)26-18-2-4-19(5-3-18)28-8-10-33-11-9-28)25(32)17-12-24(31)29(14-17)20-6-7-21-22(13-20)35-16-34-21/h2-7,13,17H,8-12,14-16H2,1H3,(H,26,30). The lowest BCUT2D eigenvalue weighted by Gasteiger charge is -2.29. The predicted octanol–water partition coefficient (Wildman–Crippen LogP) is 1.70. The maximum absolute atomic E-state index is 13.0. The molecule has 10 nitrogen and oxygen atoms in total. The summed E-state index contributed by atoms with van der Waals surface area (Å²) in [6.07, 6.45) is 0.0994. The van der Waals surface area contributed by atoms with Gasteiger partial charge in [-0.3, -0.25) is 14.4 Å². The van der Waals surface area contributed by atoms with Gasteiger partial charge in [-0.2, -0.15) is 0 Å². The van der Waals surface area contributed by atoms with Crippen molar-refractivity contribution in [2.45, 2.75) is 6.42 Å². The first-order valence-electron chi connectivity index (χ1n) is 11.7. The zero-order valence-electron chi connectivity index (χ0n) is 19.6. The van der Waals surface area contributed by atoms with E-state index >= 15 is 0 Å². The molecule has 1 N–H and O–H groups in total. The molecule has 0 aromatic heterocycles. The van der Waals surface area contributed by atoms with Crippen molar-refractivity contribution >= 4 is 34.8 Å². The Balaban J connectivity index is 1.14. The van der Waals surface area contributed by atoms with Crippen LogP contribution in [0.3, 0.4) is 0 Å². The second-order valence-corrected chi connectivity index (χ2v) is 8.83. The second kappa shape index (κ2) is 9.83. The summed E-state index contributed by atoms with van der Waals surface area (Å²) in [5.41, 5.74) is 2.41. The highest BCUT2D eigenvalue weighted by Gasteiger charge is 2.37. The first kappa shape index (κ1) is 23.0. The van der Waals surface area contributed by atoms with Crippen molar-refractivity contribution in [3.05, 3.63) is 42.5 Å². The van der Waals surface area contributed by atoms with Crippen LogP contribution in [0.25, 0.3) is 0 Å². The Bertz CT molecular complexity index is 1120. The fourth-order valence-corrected chi connectivity index (χ4v) is 4.56. The number of anilines is 3. The molecule has 35 heavy (non-hydrogen) atoms. The fourth-order valence-electron chi connectivity index (χ4n) is 4.56.